The number of likely N-dealkylation sites (tertiary alicyclic amines) is 1. The zero-order chi connectivity index (χ0) is 28.9. The second kappa shape index (κ2) is 15.4. The van der Waals surface area contributed by atoms with Gasteiger partial charge >= 0.3 is 11.9 Å². The van der Waals surface area contributed by atoms with Gasteiger partial charge in [0, 0.05) is 31.6 Å². The highest BCUT2D eigenvalue weighted by molar-refractivity contribution is 6.27. The molecule has 1 aliphatic heterocycles. The van der Waals surface area contributed by atoms with Gasteiger partial charge in [0.2, 0.25) is 5.91 Å². The van der Waals surface area contributed by atoms with E-state index in [0.717, 1.165) is 61.5 Å². The molecule has 3 rings (SSSR count). The summed E-state index contributed by atoms with van der Waals surface area (Å²) in [5.74, 6) is -0.230. The first kappa shape index (κ1) is 31.2. The Bertz CT molecular complexity index is 1100. The molecule has 0 unspecified atom stereocenters. The Kier molecular flexibility index (Phi) is 12.4. The van der Waals surface area contributed by atoms with Crippen LogP contribution in [0.15, 0.2) is 36.4 Å². The molecule has 0 bridgehead atoms. The Morgan fingerprint density at radius 1 is 0.846 bits per heavy atom. The summed E-state index contributed by atoms with van der Waals surface area (Å²) in [6.45, 7) is 3.24. The molecule has 1 aliphatic rings. The lowest BCUT2D eigenvalue weighted by molar-refractivity contribution is -0.159. The van der Waals surface area contributed by atoms with Gasteiger partial charge in [-0.15, -0.1) is 0 Å². The highest BCUT2D eigenvalue weighted by Gasteiger charge is 2.27. The van der Waals surface area contributed by atoms with E-state index < -0.39 is 11.9 Å². The number of carbonyl (C=O) groups is 3. The smallest absolute Gasteiger partial charge is 0.414 e. The van der Waals surface area contributed by atoms with E-state index in [4.69, 9.17) is 38.7 Å². The Morgan fingerprint density at radius 3 is 1.97 bits per heavy atom. The second-order valence-corrected chi connectivity index (χ2v) is 9.04. The normalized spacial score (nSPS) is 13.5. The van der Waals surface area contributed by atoms with Gasteiger partial charge in [0.25, 0.3) is 0 Å². The van der Waals surface area contributed by atoms with Crippen LogP contribution in [0.5, 0.6) is 23.0 Å². The maximum atomic E-state index is 13.0. The summed E-state index contributed by atoms with van der Waals surface area (Å²) in [4.78, 5) is 35.5. The fraction of sp³-hybridized carbons (Fsp3) is 0.464. The van der Waals surface area contributed by atoms with E-state index >= 15 is 0 Å². The number of likely N-dealkylation sites (N-methyl/N-ethyl adjacent to an activating group) is 1. The summed E-state index contributed by atoms with van der Waals surface area (Å²) >= 11 is 0. The summed E-state index contributed by atoms with van der Waals surface area (Å²) in [5.41, 5.74) is 2.23. The van der Waals surface area contributed by atoms with Crippen molar-refractivity contribution in [2.75, 3.05) is 55.1 Å². The third-order valence-electron chi connectivity index (χ3n) is 6.56. The number of carboxylic acids is 2. The number of nitrogens with zero attached hydrogens (tertiary/aromatic N) is 2. The Morgan fingerprint density at radius 2 is 1.44 bits per heavy atom. The van der Waals surface area contributed by atoms with Crippen LogP contribution < -0.4 is 18.9 Å². The fourth-order valence-corrected chi connectivity index (χ4v) is 4.34. The molecule has 2 aromatic carbocycles. The number of methoxy groups -OCH3 is 4. The van der Waals surface area contributed by atoms with Gasteiger partial charge in [0.1, 0.15) is 11.5 Å². The summed E-state index contributed by atoms with van der Waals surface area (Å²) < 4.78 is 21.5. The zero-order valence-electron chi connectivity index (χ0n) is 23.1. The van der Waals surface area contributed by atoms with E-state index in [-0.39, 0.29) is 11.8 Å². The average molecular weight is 547 g/mol. The van der Waals surface area contributed by atoms with Crippen LogP contribution in [0.2, 0.25) is 0 Å². The number of aliphatic carboxylic acids is 2. The number of carboxylic acid groups (broad SMARTS) is 2. The van der Waals surface area contributed by atoms with E-state index in [0.29, 0.717) is 18.0 Å². The quantitative estimate of drug-likeness (QED) is 0.428. The van der Waals surface area contributed by atoms with E-state index in [2.05, 4.69) is 4.90 Å². The number of hydrogen-bond acceptors (Lipinski definition) is 8. The first-order valence-electron chi connectivity index (χ1n) is 12.5. The zero-order valence-corrected chi connectivity index (χ0v) is 23.1. The molecule has 1 amide bonds. The molecule has 1 fully saturated rings. The first-order chi connectivity index (χ1) is 18.6. The molecule has 0 radical (unpaired) electrons. The topological polar surface area (TPSA) is 135 Å². The van der Waals surface area contributed by atoms with Crippen LogP contribution in [0.3, 0.4) is 0 Å². The molecule has 11 heteroatoms. The largest absolute Gasteiger partial charge is 0.497 e. The summed E-state index contributed by atoms with van der Waals surface area (Å²) in [6, 6.07) is 11.8. The van der Waals surface area contributed by atoms with E-state index in [1.165, 1.54) is 0 Å². The van der Waals surface area contributed by atoms with Crippen molar-refractivity contribution in [2.24, 2.45) is 5.92 Å². The molecule has 39 heavy (non-hydrogen) atoms. The van der Waals surface area contributed by atoms with Crippen molar-refractivity contribution in [3.8, 4) is 23.0 Å². The molecule has 214 valence electrons. The summed E-state index contributed by atoms with van der Waals surface area (Å²) in [7, 11) is 8.52. The van der Waals surface area contributed by atoms with Gasteiger partial charge in [0.15, 0.2) is 11.5 Å². The fourth-order valence-electron chi connectivity index (χ4n) is 4.34. The van der Waals surface area contributed by atoms with Gasteiger partial charge in [-0.2, -0.15) is 0 Å². The van der Waals surface area contributed by atoms with E-state index in [1.54, 1.807) is 28.4 Å². The van der Waals surface area contributed by atoms with E-state index in [9.17, 15) is 4.79 Å². The predicted molar refractivity (Wildman–Crippen MR) is 144 cm³/mol. The maximum absolute atomic E-state index is 13.0. The first-order valence-corrected chi connectivity index (χ1v) is 12.5. The van der Waals surface area contributed by atoms with Crippen LogP contribution in [0.25, 0.3) is 0 Å². The van der Waals surface area contributed by atoms with Crippen LogP contribution in [0.4, 0.5) is 0 Å². The highest BCUT2D eigenvalue weighted by Crippen LogP contribution is 2.29. The summed E-state index contributed by atoms with van der Waals surface area (Å²) in [5, 5.41) is 14.8. The van der Waals surface area contributed by atoms with Crippen molar-refractivity contribution in [3.63, 3.8) is 0 Å². The van der Waals surface area contributed by atoms with Gasteiger partial charge in [-0.3, -0.25) is 9.69 Å². The SMILES string of the molecule is COc1ccc(OC)c(CN2CCC(C(=O)N(C)CCc3ccc(OC)c(OC)c3)CC2)c1.O=C(O)C(=O)O. The van der Waals surface area contributed by atoms with Crippen LogP contribution in [-0.2, 0) is 27.3 Å². The third-order valence-corrected chi connectivity index (χ3v) is 6.56. The molecule has 2 aromatic rings. The number of piperidine rings is 1. The number of ether oxygens (including phenoxy) is 4. The minimum Gasteiger partial charge on any atom is -0.497 e. The molecule has 0 aliphatic carbocycles. The predicted octanol–water partition coefficient (Wildman–Crippen LogP) is 2.79. The molecular weight excluding hydrogens is 508 g/mol. The monoisotopic (exact) mass is 546 g/mol. The Labute approximate surface area is 228 Å². The van der Waals surface area contributed by atoms with Crippen molar-refractivity contribution in [1.82, 2.24) is 9.80 Å². The van der Waals surface area contributed by atoms with Gasteiger partial charge in [-0.25, -0.2) is 9.59 Å². The van der Waals surface area contributed by atoms with Crippen LogP contribution in [-0.4, -0.2) is 93.0 Å². The minimum absolute atomic E-state index is 0.0730. The van der Waals surface area contributed by atoms with Gasteiger partial charge in [0.05, 0.1) is 28.4 Å². The van der Waals surface area contributed by atoms with Gasteiger partial charge < -0.3 is 34.1 Å². The van der Waals surface area contributed by atoms with Gasteiger partial charge in [-0.05, 0) is 68.2 Å². The Hall–Kier alpha value is -3.99. The number of amides is 1. The number of hydrogen-bond donors (Lipinski definition) is 2. The third kappa shape index (κ3) is 9.36. The van der Waals surface area contributed by atoms with Crippen molar-refractivity contribution in [3.05, 3.63) is 47.5 Å². The van der Waals surface area contributed by atoms with Crippen molar-refractivity contribution in [1.29, 1.82) is 0 Å². The minimum atomic E-state index is -1.82. The molecule has 0 atom stereocenters. The van der Waals surface area contributed by atoms with Crippen LogP contribution >= 0.6 is 0 Å². The molecule has 0 spiro atoms. The molecule has 0 aromatic heterocycles. The van der Waals surface area contributed by atoms with Crippen LogP contribution in [0.1, 0.15) is 24.0 Å². The second-order valence-electron chi connectivity index (χ2n) is 9.04. The summed E-state index contributed by atoms with van der Waals surface area (Å²) in [6.07, 6.45) is 2.51. The molecule has 0 saturated carbocycles. The molecule has 11 nitrogen and oxygen atoms in total. The van der Waals surface area contributed by atoms with Gasteiger partial charge in [-0.1, -0.05) is 6.07 Å². The molecule has 1 heterocycles. The molecule has 1 saturated heterocycles. The van der Waals surface area contributed by atoms with Crippen molar-refractivity contribution in [2.45, 2.75) is 25.8 Å². The van der Waals surface area contributed by atoms with Crippen LogP contribution in [0, 0.1) is 5.92 Å². The lowest BCUT2D eigenvalue weighted by Crippen LogP contribution is -2.41. The number of carbonyl (C=O) groups excluding carboxylic acids is 1. The lowest BCUT2D eigenvalue weighted by atomic mass is 9.94. The maximum Gasteiger partial charge on any atom is 0.414 e. The Balaban J connectivity index is 0.000000798. The molecule has 2 N–H and O–H groups in total. The van der Waals surface area contributed by atoms with Crippen molar-refractivity contribution >= 4 is 17.8 Å². The molecular formula is C28H38N2O9. The van der Waals surface area contributed by atoms with E-state index in [1.807, 2.05) is 48.3 Å². The number of benzene rings is 2. The number of rotatable bonds is 10. The lowest BCUT2D eigenvalue weighted by Gasteiger charge is -2.33. The van der Waals surface area contributed by atoms with Crippen molar-refractivity contribution < 1.29 is 43.5 Å². The highest BCUT2D eigenvalue weighted by atomic mass is 16.5. The standard InChI is InChI=1S/C26H36N2O5.C2H2O4/c1-27(13-10-19-6-8-24(32-4)25(16-19)33-5)26(29)20-11-14-28(15-12-20)18-21-17-22(30-2)7-9-23(21)31-3;3-1(4)2(5)6/h6-9,16-17,20H,10-15,18H2,1-5H3;(H,3,4)(H,5,6). The average Bonchev–Trinajstić information content (AvgIpc) is 2.95.